The van der Waals surface area contributed by atoms with Crippen LogP contribution in [0.5, 0.6) is 0 Å². The lowest BCUT2D eigenvalue weighted by molar-refractivity contribution is -0.148. The zero-order valence-corrected chi connectivity index (χ0v) is 20.2. The fraction of sp³-hybridized carbons (Fsp3) is 0.500. The minimum absolute atomic E-state index is 0.00482. The summed E-state index contributed by atoms with van der Waals surface area (Å²) in [7, 11) is 0. The number of hydrogen-bond donors (Lipinski definition) is 1. The van der Waals surface area contributed by atoms with Gasteiger partial charge in [0.15, 0.2) is 0 Å². The van der Waals surface area contributed by atoms with Crippen LogP contribution in [0.1, 0.15) is 53.9 Å². The van der Waals surface area contributed by atoms with Crippen molar-refractivity contribution in [3.05, 3.63) is 58.7 Å². The molecule has 34 heavy (non-hydrogen) atoms. The first-order chi connectivity index (χ1) is 16.0. The lowest BCUT2D eigenvalue weighted by Gasteiger charge is -2.45. The monoisotopic (exact) mass is 470 g/mol. The number of benzene rings is 1. The van der Waals surface area contributed by atoms with Gasteiger partial charge in [0.1, 0.15) is 11.5 Å². The summed E-state index contributed by atoms with van der Waals surface area (Å²) >= 11 is 0. The number of alkyl halides is 1. The maximum atomic E-state index is 14.4. The number of rotatable bonds is 5. The van der Waals surface area contributed by atoms with Gasteiger partial charge in [0.25, 0.3) is 5.91 Å². The van der Waals surface area contributed by atoms with Gasteiger partial charge >= 0.3 is 0 Å². The number of anilines is 1. The molecule has 0 bridgehead atoms. The molecule has 1 atom stereocenters. The maximum absolute atomic E-state index is 14.4. The Morgan fingerprint density at radius 2 is 1.94 bits per heavy atom. The number of piperazine rings is 1. The van der Waals surface area contributed by atoms with Crippen LogP contribution in [0.3, 0.4) is 0 Å². The van der Waals surface area contributed by atoms with Crippen LogP contribution in [-0.4, -0.2) is 57.9 Å². The molecular formula is C26H32F2N4O2. The van der Waals surface area contributed by atoms with Crippen molar-refractivity contribution in [1.29, 1.82) is 0 Å². The maximum Gasteiger partial charge on any atom is 0.257 e. The third kappa shape index (κ3) is 5.27. The number of carbonyl (C=O) groups is 2. The highest BCUT2D eigenvalue weighted by Gasteiger charge is 2.46. The molecule has 6 nitrogen and oxygen atoms in total. The normalized spacial score (nSPS) is 25.1. The van der Waals surface area contributed by atoms with E-state index in [2.05, 4.69) is 15.2 Å². The summed E-state index contributed by atoms with van der Waals surface area (Å²) in [5.74, 6) is -0.934. The lowest BCUT2D eigenvalue weighted by atomic mass is 9.72. The molecule has 0 unspecified atom stereocenters. The van der Waals surface area contributed by atoms with Gasteiger partial charge in [0.2, 0.25) is 5.91 Å². The van der Waals surface area contributed by atoms with E-state index in [0.29, 0.717) is 50.3 Å². The van der Waals surface area contributed by atoms with E-state index in [1.165, 1.54) is 18.3 Å². The lowest BCUT2D eigenvalue weighted by Crippen LogP contribution is -2.57. The van der Waals surface area contributed by atoms with E-state index in [-0.39, 0.29) is 23.8 Å². The number of halogens is 2. The van der Waals surface area contributed by atoms with Crippen LogP contribution in [0.15, 0.2) is 30.5 Å². The van der Waals surface area contributed by atoms with E-state index in [1.54, 1.807) is 19.1 Å². The summed E-state index contributed by atoms with van der Waals surface area (Å²) in [5.41, 5.74) is 2.02. The Morgan fingerprint density at radius 1 is 1.21 bits per heavy atom. The Labute approximate surface area is 199 Å². The zero-order valence-electron chi connectivity index (χ0n) is 20.2. The van der Waals surface area contributed by atoms with Crippen LogP contribution in [0.25, 0.3) is 0 Å². The molecule has 2 aliphatic rings. The predicted octanol–water partition coefficient (Wildman–Crippen LogP) is 4.26. The summed E-state index contributed by atoms with van der Waals surface area (Å²) in [6.07, 6.45) is 2.10. The van der Waals surface area contributed by atoms with Crippen molar-refractivity contribution in [1.82, 2.24) is 14.8 Å². The molecule has 1 aromatic carbocycles. The zero-order chi connectivity index (χ0) is 24.6. The van der Waals surface area contributed by atoms with Crippen LogP contribution in [0.2, 0.25) is 0 Å². The van der Waals surface area contributed by atoms with Crippen LogP contribution < -0.4 is 5.32 Å². The van der Waals surface area contributed by atoms with Crippen LogP contribution in [-0.2, 0) is 11.3 Å². The first-order valence-corrected chi connectivity index (χ1v) is 11.8. The fourth-order valence-electron chi connectivity index (χ4n) is 4.95. The van der Waals surface area contributed by atoms with E-state index < -0.39 is 11.5 Å². The number of aryl methyl sites for hydroxylation is 1. The Hall–Kier alpha value is -2.87. The van der Waals surface area contributed by atoms with E-state index in [4.69, 9.17) is 0 Å². The van der Waals surface area contributed by atoms with E-state index in [0.717, 1.165) is 16.8 Å². The molecule has 2 heterocycles. The molecule has 0 spiro atoms. The second-order valence-electron chi connectivity index (χ2n) is 10.0. The summed E-state index contributed by atoms with van der Waals surface area (Å²) in [4.78, 5) is 33.6. The van der Waals surface area contributed by atoms with E-state index >= 15 is 0 Å². The van der Waals surface area contributed by atoms with Gasteiger partial charge in [-0.05, 0) is 75.9 Å². The first kappa shape index (κ1) is 24.3. The van der Waals surface area contributed by atoms with Crippen molar-refractivity contribution < 1.29 is 18.4 Å². The second-order valence-corrected chi connectivity index (χ2v) is 10.0. The highest BCUT2D eigenvalue weighted by molar-refractivity contribution is 6.04. The molecule has 1 aliphatic carbocycles. The van der Waals surface area contributed by atoms with Gasteiger partial charge in [-0.15, -0.1) is 0 Å². The molecule has 1 N–H and O–H groups in total. The van der Waals surface area contributed by atoms with Gasteiger partial charge in [-0.2, -0.15) is 0 Å². The first-order valence-electron chi connectivity index (χ1n) is 11.8. The molecule has 2 amide bonds. The Morgan fingerprint density at radius 3 is 2.56 bits per heavy atom. The Kier molecular flexibility index (Phi) is 6.71. The minimum Gasteiger partial charge on any atom is -0.337 e. The number of amides is 2. The SMILES string of the molecule is Cc1ccc(C(=O)Nc2cc(F)cc(CN3CCN(C(=O)C4CC(C)(F)C4)[C@@H](C)C3)c2C)cn1. The predicted molar refractivity (Wildman–Crippen MR) is 127 cm³/mol. The van der Waals surface area contributed by atoms with Gasteiger partial charge in [-0.3, -0.25) is 19.5 Å². The summed E-state index contributed by atoms with van der Waals surface area (Å²) in [6.45, 7) is 9.64. The Balaban J connectivity index is 1.40. The number of carbonyl (C=O) groups excluding carboxylic acids is 2. The van der Waals surface area contributed by atoms with Gasteiger partial charge in [-0.25, -0.2) is 8.78 Å². The number of nitrogens with zero attached hydrogens (tertiary/aromatic N) is 3. The van der Waals surface area contributed by atoms with Gasteiger partial charge < -0.3 is 10.2 Å². The highest BCUT2D eigenvalue weighted by atomic mass is 19.1. The molecule has 182 valence electrons. The third-order valence-electron chi connectivity index (χ3n) is 6.98. The molecule has 1 aliphatic heterocycles. The van der Waals surface area contributed by atoms with Crippen LogP contribution in [0.4, 0.5) is 14.5 Å². The van der Waals surface area contributed by atoms with Crippen molar-refractivity contribution in [3.63, 3.8) is 0 Å². The van der Waals surface area contributed by atoms with E-state index in [9.17, 15) is 18.4 Å². The average Bonchev–Trinajstić information content (AvgIpc) is 2.75. The molecule has 1 saturated heterocycles. The minimum atomic E-state index is -1.22. The molecule has 1 aromatic heterocycles. The number of aromatic nitrogens is 1. The quantitative estimate of drug-likeness (QED) is 0.709. The average molecular weight is 471 g/mol. The van der Waals surface area contributed by atoms with Gasteiger partial charge in [0, 0.05) is 55.7 Å². The van der Waals surface area contributed by atoms with Gasteiger partial charge in [0.05, 0.1) is 5.56 Å². The largest absolute Gasteiger partial charge is 0.337 e. The standard InChI is InChI=1S/C26H32F2N4O2/c1-16-5-6-19(13-29-16)24(33)30-23-10-22(27)9-20(18(23)3)15-31-7-8-32(17(2)14-31)25(34)21-11-26(4,28)12-21/h5-6,9-10,13,17,21H,7-8,11-12,14-15H2,1-4H3,(H,30,33)/t17-,21?,26?/m0/s1. The third-order valence-corrected chi connectivity index (χ3v) is 6.98. The second kappa shape index (κ2) is 9.41. The summed E-state index contributed by atoms with van der Waals surface area (Å²) in [6, 6.07) is 6.26. The summed E-state index contributed by atoms with van der Waals surface area (Å²) < 4.78 is 28.3. The van der Waals surface area contributed by atoms with Crippen molar-refractivity contribution >= 4 is 17.5 Å². The molecular weight excluding hydrogens is 438 g/mol. The molecule has 2 aromatic rings. The molecule has 4 rings (SSSR count). The topological polar surface area (TPSA) is 65.5 Å². The summed E-state index contributed by atoms with van der Waals surface area (Å²) in [5, 5.41) is 2.81. The number of nitrogens with one attached hydrogen (secondary N) is 1. The van der Waals surface area contributed by atoms with Crippen molar-refractivity contribution in [2.24, 2.45) is 5.92 Å². The molecule has 0 radical (unpaired) electrons. The van der Waals surface area contributed by atoms with E-state index in [1.807, 2.05) is 25.7 Å². The smallest absolute Gasteiger partial charge is 0.257 e. The molecule has 8 heteroatoms. The van der Waals surface area contributed by atoms with Crippen molar-refractivity contribution in [3.8, 4) is 0 Å². The van der Waals surface area contributed by atoms with Crippen LogP contribution in [0, 0.1) is 25.6 Å². The van der Waals surface area contributed by atoms with Crippen molar-refractivity contribution in [2.75, 3.05) is 25.0 Å². The Bertz CT molecular complexity index is 1080. The van der Waals surface area contributed by atoms with Crippen molar-refractivity contribution in [2.45, 2.75) is 58.8 Å². The molecule has 1 saturated carbocycles. The highest BCUT2D eigenvalue weighted by Crippen LogP contribution is 2.42. The number of pyridine rings is 1. The van der Waals surface area contributed by atoms with Gasteiger partial charge in [-0.1, -0.05) is 0 Å². The number of hydrogen-bond acceptors (Lipinski definition) is 4. The fourth-order valence-corrected chi connectivity index (χ4v) is 4.95. The van der Waals surface area contributed by atoms with Crippen LogP contribution >= 0.6 is 0 Å². The molecule has 2 fully saturated rings.